The molecule has 1 saturated carbocycles. The summed E-state index contributed by atoms with van der Waals surface area (Å²) in [6.07, 6.45) is 4.40. The van der Waals surface area contributed by atoms with E-state index in [0.717, 1.165) is 59.1 Å². The molecule has 0 spiro atoms. The third-order valence-electron chi connectivity index (χ3n) is 11.4. The Kier molecular flexibility index (Phi) is 12.8. The molecule has 2 fully saturated rings. The van der Waals surface area contributed by atoms with Gasteiger partial charge in [0.2, 0.25) is 11.8 Å². The number of hydrogen-bond donors (Lipinski definition) is 4. The summed E-state index contributed by atoms with van der Waals surface area (Å²) in [7, 11) is 2.60. The first-order valence-electron chi connectivity index (χ1n) is 20.1. The maximum atomic E-state index is 14.1. The molecule has 1 saturated heterocycles. The summed E-state index contributed by atoms with van der Waals surface area (Å²) in [6.45, 7) is 13.4. The second kappa shape index (κ2) is 17.7. The van der Waals surface area contributed by atoms with Crippen LogP contribution >= 0.6 is 0 Å². The number of ether oxygens (including phenoxy) is 2. The van der Waals surface area contributed by atoms with E-state index >= 15 is 0 Å². The molecular weight excluding hydrogens is 737 g/mol. The van der Waals surface area contributed by atoms with Crippen molar-refractivity contribution in [3.63, 3.8) is 0 Å². The van der Waals surface area contributed by atoms with Crippen molar-refractivity contribution in [2.24, 2.45) is 23.2 Å². The van der Waals surface area contributed by atoms with Gasteiger partial charge in [-0.05, 0) is 80.2 Å². The molecule has 2 aromatic heterocycles. The number of amides is 4. The molecule has 14 nitrogen and oxygen atoms in total. The maximum absolute atomic E-state index is 14.1. The number of aromatic nitrogens is 4. The highest BCUT2D eigenvalue weighted by Gasteiger charge is 2.43. The minimum atomic E-state index is -0.694. The molecule has 3 heterocycles. The van der Waals surface area contributed by atoms with Crippen molar-refractivity contribution in [3.8, 4) is 23.1 Å². The summed E-state index contributed by atoms with van der Waals surface area (Å²) in [5.41, 5.74) is 5.01. The van der Waals surface area contributed by atoms with Crippen LogP contribution < -0.4 is 10.6 Å². The molecule has 0 radical (unpaired) electrons. The Bertz CT molecular complexity index is 2180. The molecule has 4 atom stereocenters. The van der Waals surface area contributed by atoms with E-state index in [2.05, 4.69) is 39.4 Å². The van der Waals surface area contributed by atoms with Gasteiger partial charge in [-0.3, -0.25) is 9.59 Å². The van der Waals surface area contributed by atoms with Crippen molar-refractivity contribution in [2.75, 3.05) is 33.9 Å². The van der Waals surface area contributed by atoms with Gasteiger partial charge in [0.15, 0.2) is 0 Å². The molecule has 2 aliphatic rings. The predicted octanol–water partition coefficient (Wildman–Crippen LogP) is 6.71. The molecule has 14 heteroatoms. The molecule has 6 rings (SSSR count). The number of carbonyl (C=O) groups excluding carboxylic acids is 4. The van der Waals surface area contributed by atoms with Crippen LogP contribution in [0.1, 0.15) is 102 Å². The van der Waals surface area contributed by atoms with Crippen molar-refractivity contribution in [2.45, 2.75) is 85.4 Å². The molecule has 308 valence electrons. The summed E-state index contributed by atoms with van der Waals surface area (Å²) >= 11 is 0. The average Bonchev–Trinajstić information content (AvgIpc) is 3.63. The van der Waals surface area contributed by atoms with Gasteiger partial charge in [-0.2, -0.15) is 0 Å². The lowest BCUT2D eigenvalue weighted by Gasteiger charge is -2.35. The third-order valence-corrected chi connectivity index (χ3v) is 11.4. The fourth-order valence-electron chi connectivity index (χ4n) is 7.44. The van der Waals surface area contributed by atoms with Crippen LogP contribution in [0.2, 0.25) is 0 Å². The number of nitrogens with zero attached hydrogens (tertiary/aromatic N) is 4. The SMILES string of the molecule is COC(=O)NC[C@H](C(=O)N(CC1(C)CC1)[C@@H](C)c1nc2cc(C#Cc3ccc(-c4c[nH]c([C@@H]5CCCN5C(=O)[C@@H](NC(=O)OC)C(C)C)n4)cc3)ccc2[nH]1)C(C)C. The Morgan fingerprint density at radius 2 is 1.64 bits per heavy atom. The highest BCUT2D eigenvalue weighted by Crippen LogP contribution is 2.47. The van der Waals surface area contributed by atoms with Crippen LogP contribution in [0.15, 0.2) is 48.7 Å². The van der Waals surface area contributed by atoms with Gasteiger partial charge >= 0.3 is 12.2 Å². The average molecular weight is 793 g/mol. The van der Waals surface area contributed by atoms with Crippen LogP contribution in [0.5, 0.6) is 0 Å². The second-order valence-corrected chi connectivity index (χ2v) is 16.6. The van der Waals surface area contributed by atoms with Crippen LogP contribution in [0.3, 0.4) is 0 Å². The van der Waals surface area contributed by atoms with E-state index in [1.54, 1.807) is 4.90 Å². The third kappa shape index (κ3) is 9.64. The number of methoxy groups -OCH3 is 2. The lowest BCUT2D eigenvalue weighted by molar-refractivity contribution is -0.140. The zero-order chi connectivity index (χ0) is 41.7. The van der Waals surface area contributed by atoms with Crippen molar-refractivity contribution in [1.82, 2.24) is 40.4 Å². The van der Waals surface area contributed by atoms with E-state index in [1.165, 1.54) is 14.2 Å². The van der Waals surface area contributed by atoms with Crippen LogP contribution in [-0.2, 0) is 19.1 Å². The van der Waals surface area contributed by atoms with Crippen LogP contribution in [0, 0.1) is 35.0 Å². The predicted molar refractivity (Wildman–Crippen MR) is 220 cm³/mol. The summed E-state index contributed by atoms with van der Waals surface area (Å²) < 4.78 is 9.51. The number of imidazole rings is 2. The number of carbonyl (C=O) groups is 4. The van der Waals surface area contributed by atoms with Crippen LogP contribution in [-0.4, -0.2) is 93.6 Å². The summed E-state index contributed by atoms with van der Waals surface area (Å²) in [5.74, 6) is 7.25. The smallest absolute Gasteiger partial charge is 0.407 e. The molecule has 1 aliphatic heterocycles. The first kappa shape index (κ1) is 41.8. The Hall–Kier alpha value is -5.84. The molecule has 2 aromatic carbocycles. The Morgan fingerprint density at radius 1 is 0.948 bits per heavy atom. The topological polar surface area (TPSA) is 175 Å². The number of benzene rings is 2. The van der Waals surface area contributed by atoms with Gasteiger partial charge in [0.1, 0.15) is 17.7 Å². The number of likely N-dealkylation sites (tertiary alicyclic amines) is 1. The summed E-state index contributed by atoms with van der Waals surface area (Å²) in [5, 5.41) is 5.41. The minimum Gasteiger partial charge on any atom is -0.453 e. The Balaban J connectivity index is 1.14. The van der Waals surface area contributed by atoms with Gasteiger partial charge in [-0.15, -0.1) is 0 Å². The van der Waals surface area contributed by atoms with Gasteiger partial charge in [0, 0.05) is 42.5 Å². The van der Waals surface area contributed by atoms with Crippen LogP contribution in [0.4, 0.5) is 9.59 Å². The fraction of sp³-hybridized carbons (Fsp3) is 0.500. The minimum absolute atomic E-state index is 0.00649. The number of alkyl carbamates (subject to hydrolysis) is 2. The number of fused-ring (bicyclic) bond motifs is 1. The molecule has 1 aliphatic carbocycles. The number of H-pyrrole nitrogens is 2. The first-order chi connectivity index (χ1) is 27.7. The van der Waals surface area contributed by atoms with Gasteiger partial charge in [0.05, 0.1) is 48.9 Å². The van der Waals surface area contributed by atoms with Crippen molar-refractivity contribution >= 4 is 35.0 Å². The Morgan fingerprint density at radius 3 is 2.29 bits per heavy atom. The number of hydrogen-bond acceptors (Lipinski definition) is 8. The van der Waals surface area contributed by atoms with E-state index in [0.29, 0.717) is 24.7 Å². The zero-order valence-electron chi connectivity index (χ0n) is 34.8. The van der Waals surface area contributed by atoms with E-state index in [-0.39, 0.29) is 47.7 Å². The Labute approximate surface area is 340 Å². The summed E-state index contributed by atoms with van der Waals surface area (Å²) in [4.78, 5) is 71.7. The quantitative estimate of drug-likeness (QED) is 0.108. The van der Waals surface area contributed by atoms with E-state index < -0.39 is 24.1 Å². The molecule has 4 aromatic rings. The van der Waals surface area contributed by atoms with E-state index in [4.69, 9.17) is 19.4 Å². The number of aromatic amines is 2. The van der Waals surface area contributed by atoms with Crippen molar-refractivity contribution in [3.05, 3.63) is 71.4 Å². The second-order valence-electron chi connectivity index (χ2n) is 16.6. The highest BCUT2D eigenvalue weighted by atomic mass is 16.5. The van der Waals surface area contributed by atoms with E-state index in [1.807, 2.05) is 88.2 Å². The lowest BCUT2D eigenvalue weighted by Crippen LogP contribution is -2.51. The maximum Gasteiger partial charge on any atom is 0.407 e. The molecular formula is C44H56N8O6. The first-order valence-corrected chi connectivity index (χ1v) is 20.1. The molecule has 58 heavy (non-hydrogen) atoms. The monoisotopic (exact) mass is 792 g/mol. The lowest BCUT2D eigenvalue weighted by atomic mass is 9.92. The number of rotatable bonds is 13. The molecule has 0 unspecified atom stereocenters. The van der Waals surface area contributed by atoms with Gasteiger partial charge in [-0.25, -0.2) is 19.6 Å². The normalized spacial score (nSPS) is 17.3. The zero-order valence-corrected chi connectivity index (χ0v) is 34.8. The number of nitrogens with one attached hydrogen (secondary N) is 4. The van der Waals surface area contributed by atoms with Gasteiger partial charge < -0.3 is 39.9 Å². The molecule has 0 bridgehead atoms. The largest absolute Gasteiger partial charge is 0.453 e. The van der Waals surface area contributed by atoms with Crippen molar-refractivity contribution < 1.29 is 28.7 Å². The molecule has 4 amide bonds. The van der Waals surface area contributed by atoms with Gasteiger partial charge in [0.25, 0.3) is 0 Å². The van der Waals surface area contributed by atoms with Crippen molar-refractivity contribution in [1.29, 1.82) is 0 Å². The highest BCUT2D eigenvalue weighted by molar-refractivity contribution is 5.86. The van der Waals surface area contributed by atoms with Gasteiger partial charge in [-0.1, -0.05) is 58.6 Å². The molecule has 4 N–H and O–H groups in total. The fourth-order valence-corrected chi connectivity index (χ4v) is 7.44. The summed E-state index contributed by atoms with van der Waals surface area (Å²) in [6, 6.07) is 12.5. The van der Waals surface area contributed by atoms with Crippen LogP contribution in [0.25, 0.3) is 22.3 Å². The van der Waals surface area contributed by atoms with E-state index in [9.17, 15) is 19.2 Å². The standard InChI is InChI=1S/C44H56N8O6/c1-26(2)32(23-46-42(55)57-7)40(53)52(25-44(6)19-20-44)28(5)38-47-33-18-15-30(22-34(33)48-38)12-11-29-13-16-31(17-14-29)35-24-45-39(49-35)36-10-9-21-51(36)41(54)37(27(3)4)50-43(56)58-8/h13-18,22,24,26-28,32,36-37H,9-10,19-21,23,25H2,1-8H3,(H,45,49)(H,46,55)(H,47,48)(H,50,56)/t28-,32-,36-,37-/m0/s1.